The zero-order valence-electron chi connectivity index (χ0n) is 11.1. The number of aliphatic hydroxyl groups is 1. The number of aliphatic hydroxyl groups excluding tert-OH is 1. The molecule has 3 nitrogen and oxygen atoms in total. The Hall–Kier alpha value is -1.06. The third-order valence-corrected chi connectivity index (χ3v) is 2.81. The molecule has 0 saturated carbocycles. The van der Waals surface area contributed by atoms with Crippen molar-refractivity contribution >= 4 is 5.69 Å². The van der Waals surface area contributed by atoms with Crippen LogP contribution in [0.3, 0.4) is 0 Å². The number of anilines is 1. The van der Waals surface area contributed by atoms with E-state index in [9.17, 15) is 0 Å². The van der Waals surface area contributed by atoms with Crippen molar-refractivity contribution in [1.82, 2.24) is 5.32 Å². The molecule has 0 amide bonds. The van der Waals surface area contributed by atoms with Crippen LogP contribution in [0.1, 0.15) is 26.3 Å². The van der Waals surface area contributed by atoms with Crippen LogP contribution in [0, 0.1) is 0 Å². The normalized spacial score (nSPS) is 10.9. The van der Waals surface area contributed by atoms with Crippen molar-refractivity contribution in [2.45, 2.75) is 33.4 Å². The summed E-state index contributed by atoms with van der Waals surface area (Å²) in [5.41, 5.74) is 2.47. The molecule has 17 heavy (non-hydrogen) atoms. The highest BCUT2D eigenvalue weighted by Crippen LogP contribution is 2.17. The number of hydrogen-bond acceptors (Lipinski definition) is 3. The minimum Gasteiger partial charge on any atom is -0.395 e. The Balaban J connectivity index is 2.70. The van der Waals surface area contributed by atoms with Crippen LogP contribution >= 0.6 is 0 Å². The van der Waals surface area contributed by atoms with Gasteiger partial charge in [0.05, 0.1) is 6.61 Å². The van der Waals surface area contributed by atoms with E-state index in [4.69, 9.17) is 5.11 Å². The summed E-state index contributed by atoms with van der Waals surface area (Å²) in [6, 6.07) is 8.95. The Kier molecular flexibility index (Phi) is 6.01. The molecule has 0 aliphatic heterocycles. The molecule has 0 atom stereocenters. The fourth-order valence-electron chi connectivity index (χ4n) is 1.87. The molecule has 1 rings (SSSR count). The first-order chi connectivity index (χ1) is 8.19. The first-order valence-electron chi connectivity index (χ1n) is 6.36. The fourth-order valence-corrected chi connectivity index (χ4v) is 1.87. The molecule has 0 aromatic heterocycles. The van der Waals surface area contributed by atoms with Crippen LogP contribution in [-0.4, -0.2) is 30.8 Å². The van der Waals surface area contributed by atoms with Crippen LogP contribution in [0.4, 0.5) is 5.69 Å². The molecule has 2 N–H and O–H groups in total. The van der Waals surface area contributed by atoms with Crippen LogP contribution in [0.15, 0.2) is 24.3 Å². The van der Waals surface area contributed by atoms with Gasteiger partial charge in [0.2, 0.25) is 0 Å². The van der Waals surface area contributed by atoms with E-state index in [1.54, 1.807) is 0 Å². The lowest BCUT2D eigenvalue weighted by molar-refractivity contribution is 0.299. The predicted molar refractivity (Wildman–Crippen MR) is 73.4 cm³/mol. The number of rotatable bonds is 7. The quantitative estimate of drug-likeness (QED) is 0.760. The lowest BCUT2D eigenvalue weighted by atomic mass is 10.1. The van der Waals surface area contributed by atoms with Crippen molar-refractivity contribution in [3.63, 3.8) is 0 Å². The molecule has 0 spiro atoms. The first kappa shape index (κ1) is 14.0. The van der Waals surface area contributed by atoms with Crippen LogP contribution in [0.25, 0.3) is 0 Å². The molecule has 1 aromatic rings. The summed E-state index contributed by atoms with van der Waals surface area (Å²) in [7, 11) is 0. The largest absolute Gasteiger partial charge is 0.395 e. The van der Waals surface area contributed by atoms with Crippen molar-refractivity contribution in [2.24, 2.45) is 0 Å². The van der Waals surface area contributed by atoms with Gasteiger partial charge in [-0.05, 0) is 38.1 Å². The summed E-state index contributed by atoms with van der Waals surface area (Å²) in [4.78, 5) is 2.21. The summed E-state index contributed by atoms with van der Waals surface area (Å²) in [5.74, 6) is 0. The smallest absolute Gasteiger partial charge is 0.0606 e. The maximum Gasteiger partial charge on any atom is 0.0606 e. The Labute approximate surface area is 104 Å². The Morgan fingerprint density at radius 2 is 1.88 bits per heavy atom. The Morgan fingerprint density at radius 3 is 2.35 bits per heavy atom. The number of nitrogens with zero attached hydrogens (tertiary/aromatic N) is 1. The van der Waals surface area contributed by atoms with Gasteiger partial charge in [-0.25, -0.2) is 0 Å². The highest BCUT2D eigenvalue weighted by molar-refractivity contribution is 5.48. The highest BCUT2D eigenvalue weighted by atomic mass is 16.3. The summed E-state index contributed by atoms with van der Waals surface area (Å²) in [6.45, 7) is 9.17. The van der Waals surface area contributed by atoms with E-state index >= 15 is 0 Å². The molecule has 96 valence electrons. The van der Waals surface area contributed by atoms with E-state index in [0.717, 1.165) is 13.1 Å². The maximum atomic E-state index is 9.07. The number of nitrogens with one attached hydrogen (secondary N) is 1. The van der Waals surface area contributed by atoms with Crippen molar-refractivity contribution in [2.75, 3.05) is 24.6 Å². The average molecular weight is 236 g/mol. The van der Waals surface area contributed by atoms with Gasteiger partial charge in [0.1, 0.15) is 0 Å². The van der Waals surface area contributed by atoms with Crippen molar-refractivity contribution in [3.05, 3.63) is 29.8 Å². The van der Waals surface area contributed by atoms with E-state index in [1.165, 1.54) is 11.3 Å². The van der Waals surface area contributed by atoms with Gasteiger partial charge in [0.15, 0.2) is 0 Å². The van der Waals surface area contributed by atoms with Crippen LogP contribution in [0.5, 0.6) is 0 Å². The summed E-state index contributed by atoms with van der Waals surface area (Å²) in [6.07, 6.45) is 0. The van der Waals surface area contributed by atoms with Gasteiger partial charge < -0.3 is 15.3 Å². The van der Waals surface area contributed by atoms with E-state index in [2.05, 4.69) is 55.3 Å². The number of hydrogen-bond donors (Lipinski definition) is 2. The maximum absolute atomic E-state index is 9.07. The molecule has 0 bridgehead atoms. The third kappa shape index (κ3) is 4.36. The Bertz CT molecular complexity index is 309. The van der Waals surface area contributed by atoms with Crippen molar-refractivity contribution in [1.29, 1.82) is 0 Å². The molecule has 0 radical (unpaired) electrons. The highest BCUT2D eigenvalue weighted by Gasteiger charge is 2.09. The fraction of sp³-hybridized carbons (Fsp3) is 0.571. The summed E-state index contributed by atoms with van der Waals surface area (Å²) >= 11 is 0. The minimum absolute atomic E-state index is 0.192. The molecule has 0 saturated heterocycles. The molecule has 0 aliphatic rings. The first-order valence-corrected chi connectivity index (χ1v) is 6.36. The van der Waals surface area contributed by atoms with Gasteiger partial charge >= 0.3 is 0 Å². The molecule has 3 heteroatoms. The van der Waals surface area contributed by atoms with Gasteiger partial charge in [0.25, 0.3) is 0 Å². The van der Waals surface area contributed by atoms with E-state index in [0.29, 0.717) is 12.6 Å². The zero-order valence-corrected chi connectivity index (χ0v) is 11.1. The second-order valence-electron chi connectivity index (χ2n) is 4.46. The van der Waals surface area contributed by atoms with E-state index in [1.807, 2.05) is 0 Å². The molecular weight excluding hydrogens is 212 g/mol. The lowest BCUT2D eigenvalue weighted by Crippen LogP contribution is -2.33. The summed E-state index contributed by atoms with van der Waals surface area (Å²) in [5, 5.41) is 12.4. The van der Waals surface area contributed by atoms with Crippen LogP contribution in [0.2, 0.25) is 0 Å². The SMILES string of the molecule is CCNCc1ccc(N(CCO)C(C)C)cc1. The second kappa shape index (κ2) is 7.30. The molecule has 0 aliphatic carbocycles. The summed E-state index contributed by atoms with van der Waals surface area (Å²) < 4.78 is 0. The van der Waals surface area contributed by atoms with E-state index in [-0.39, 0.29) is 6.61 Å². The number of benzene rings is 1. The van der Waals surface area contributed by atoms with Crippen molar-refractivity contribution in [3.8, 4) is 0 Å². The minimum atomic E-state index is 0.192. The van der Waals surface area contributed by atoms with Crippen LogP contribution < -0.4 is 10.2 Å². The molecule has 0 fully saturated rings. The topological polar surface area (TPSA) is 35.5 Å². The van der Waals surface area contributed by atoms with Gasteiger partial charge in [-0.3, -0.25) is 0 Å². The average Bonchev–Trinajstić information content (AvgIpc) is 2.34. The standard InChI is InChI=1S/C14H24N2O/c1-4-15-11-13-5-7-14(8-6-13)16(9-10-17)12(2)3/h5-8,12,15,17H,4,9-11H2,1-3H3. The molecular formula is C14H24N2O. The Morgan fingerprint density at radius 1 is 1.24 bits per heavy atom. The molecule has 0 unspecified atom stereocenters. The molecule has 0 heterocycles. The van der Waals surface area contributed by atoms with Gasteiger partial charge in [-0.2, -0.15) is 0 Å². The predicted octanol–water partition coefficient (Wildman–Crippen LogP) is 2.00. The lowest BCUT2D eigenvalue weighted by Gasteiger charge is -2.28. The van der Waals surface area contributed by atoms with Gasteiger partial charge in [-0.15, -0.1) is 0 Å². The van der Waals surface area contributed by atoms with Gasteiger partial charge in [-0.1, -0.05) is 19.1 Å². The van der Waals surface area contributed by atoms with Crippen LogP contribution in [-0.2, 0) is 6.54 Å². The zero-order chi connectivity index (χ0) is 12.7. The third-order valence-electron chi connectivity index (χ3n) is 2.81. The van der Waals surface area contributed by atoms with Crippen molar-refractivity contribution < 1.29 is 5.11 Å². The molecule has 1 aromatic carbocycles. The second-order valence-corrected chi connectivity index (χ2v) is 4.46. The monoisotopic (exact) mass is 236 g/mol. The van der Waals surface area contributed by atoms with E-state index < -0.39 is 0 Å². The van der Waals surface area contributed by atoms with Gasteiger partial charge in [0, 0.05) is 24.8 Å².